The van der Waals surface area contributed by atoms with E-state index in [-0.39, 0.29) is 29.5 Å². The predicted molar refractivity (Wildman–Crippen MR) is 145 cm³/mol. The molecule has 0 spiro atoms. The molecule has 3 aromatic rings. The number of likely N-dealkylation sites (tertiary alicyclic amines) is 1. The summed E-state index contributed by atoms with van der Waals surface area (Å²) in [7, 11) is 1.52. The number of unbranched alkanes of at least 4 members (excludes halogenated alkanes) is 1. The lowest BCUT2D eigenvalue weighted by molar-refractivity contribution is -0.122. The molecule has 0 bridgehead atoms. The van der Waals surface area contributed by atoms with E-state index in [0.29, 0.717) is 53.7 Å². The minimum Gasteiger partial charge on any atom is -0.370 e. The number of carbonyl (C=O) groups excluding carboxylic acids is 3. The van der Waals surface area contributed by atoms with Crippen molar-refractivity contribution in [3.05, 3.63) is 51.3 Å². The third-order valence-corrected chi connectivity index (χ3v) is 7.42. The lowest BCUT2D eigenvalue weighted by Gasteiger charge is -2.22. The standard InChI is InChI=1S/C24H30ClN9O3S/c1-28-20(35)15(5-2-3-9-29-24(26)27)31-21(36)17-13-38-22(32-17)18-6-4-10-34(18)23(37)16-12-33-11-14(25)7-8-19(33)30-16/h7-8,11-13,15,18H,2-6,9-10H2,1H3,(H,28,35)(H,31,36)(H4,26,27,29)/t15-,18-/m1/s1. The summed E-state index contributed by atoms with van der Waals surface area (Å²) in [6.45, 7) is 1.02. The first-order valence-electron chi connectivity index (χ1n) is 12.3. The maximum Gasteiger partial charge on any atom is 0.274 e. The van der Waals surface area contributed by atoms with E-state index in [1.165, 1.54) is 18.4 Å². The van der Waals surface area contributed by atoms with Crippen LogP contribution in [0.4, 0.5) is 0 Å². The van der Waals surface area contributed by atoms with E-state index >= 15 is 0 Å². The molecule has 14 heteroatoms. The molecule has 1 fully saturated rings. The number of hydrogen-bond acceptors (Lipinski definition) is 7. The van der Waals surface area contributed by atoms with Crippen LogP contribution in [-0.2, 0) is 4.79 Å². The molecule has 3 amide bonds. The van der Waals surface area contributed by atoms with Crippen LogP contribution in [-0.4, -0.2) is 69.1 Å². The fourth-order valence-corrected chi connectivity index (χ4v) is 5.48. The number of aliphatic imine (C=N–C) groups is 1. The van der Waals surface area contributed by atoms with Gasteiger partial charge in [-0.25, -0.2) is 9.97 Å². The maximum atomic E-state index is 13.3. The Labute approximate surface area is 228 Å². The van der Waals surface area contributed by atoms with E-state index in [4.69, 9.17) is 23.1 Å². The highest BCUT2D eigenvalue weighted by atomic mass is 35.5. The van der Waals surface area contributed by atoms with Crippen LogP contribution in [0.15, 0.2) is 34.9 Å². The van der Waals surface area contributed by atoms with Gasteiger partial charge in [-0.2, -0.15) is 0 Å². The van der Waals surface area contributed by atoms with Crippen molar-refractivity contribution < 1.29 is 14.4 Å². The summed E-state index contributed by atoms with van der Waals surface area (Å²) < 4.78 is 1.72. The number of halogens is 1. The zero-order chi connectivity index (χ0) is 27.2. The summed E-state index contributed by atoms with van der Waals surface area (Å²) in [5, 5.41) is 8.22. The van der Waals surface area contributed by atoms with Crippen LogP contribution in [0, 0.1) is 0 Å². The van der Waals surface area contributed by atoms with E-state index in [2.05, 4.69) is 25.6 Å². The average Bonchev–Trinajstić information content (AvgIpc) is 3.65. The van der Waals surface area contributed by atoms with Crippen LogP contribution in [0.3, 0.4) is 0 Å². The molecule has 2 atom stereocenters. The zero-order valence-electron chi connectivity index (χ0n) is 20.9. The topological polar surface area (TPSA) is 173 Å². The van der Waals surface area contributed by atoms with Gasteiger partial charge in [0.15, 0.2) is 5.96 Å². The second-order valence-corrected chi connectivity index (χ2v) is 10.2. The van der Waals surface area contributed by atoms with Crippen molar-refractivity contribution in [2.75, 3.05) is 20.1 Å². The van der Waals surface area contributed by atoms with Gasteiger partial charge in [0, 0.05) is 37.9 Å². The highest BCUT2D eigenvalue weighted by Crippen LogP contribution is 2.35. The van der Waals surface area contributed by atoms with E-state index in [1.54, 1.807) is 39.2 Å². The molecule has 0 saturated carbocycles. The van der Waals surface area contributed by atoms with E-state index < -0.39 is 11.9 Å². The number of pyridine rings is 1. The number of carbonyl (C=O) groups is 3. The van der Waals surface area contributed by atoms with Gasteiger partial charge >= 0.3 is 0 Å². The minimum atomic E-state index is -0.718. The number of hydrogen-bond donors (Lipinski definition) is 4. The lowest BCUT2D eigenvalue weighted by atomic mass is 10.1. The number of guanidine groups is 1. The predicted octanol–water partition coefficient (Wildman–Crippen LogP) is 1.71. The molecule has 0 radical (unpaired) electrons. The van der Waals surface area contributed by atoms with Crippen molar-refractivity contribution in [3.8, 4) is 0 Å². The first kappa shape index (κ1) is 27.3. The Kier molecular flexibility index (Phi) is 8.79. The number of nitrogens with two attached hydrogens (primary N) is 2. The number of imidazole rings is 1. The van der Waals surface area contributed by atoms with Crippen molar-refractivity contribution in [3.63, 3.8) is 0 Å². The Morgan fingerprint density at radius 1 is 1.21 bits per heavy atom. The molecule has 3 aromatic heterocycles. The van der Waals surface area contributed by atoms with Crippen molar-refractivity contribution in [2.45, 2.75) is 44.2 Å². The van der Waals surface area contributed by atoms with Crippen LogP contribution in [0.2, 0.25) is 5.02 Å². The molecular weight excluding hydrogens is 530 g/mol. The summed E-state index contributed by atoms with van der Waals surface area (Å²) in [4.78, 5) is 53.2. The van der Waals surface area contributed by atoms with E-state index in [0.717, 1.165) is 12.8 Å². The van der Waals surface area contributed by atoms with Gasteiger partial charge in [-0.1, -0.05) is 11.6 Å². The highest BCUT2D eigenvalue weighted by molar-refractivity contribution is 7.09. The van der Waals surface area contributed by atoms with Gasteiger partial charge in [-0.05, 0) is 44.2 Å². The summed E-state index contributed by atoms with van der Waals surface area (Å²) in [6, 6.07) is 2.50. The van der Waals surface area contributed by atoms with E-state index in [1.807, 2.05) is 0 Å². The number of amides is 3. The molecule has 6 N–H and O–H groups in total. The van der Waals surface area contributed by atoms with Crippen LogP contribution >= 0.6 is 22.9 Å². The van der Waals surface area contributed by atoms with Crippen LogP contribution in [0.1, 0.15) is 64.1 Å². The summed E-state index contributed by atoms with van der Waals surface area (Å²) in [6.07, 6.45) is 6.65. The Hall–Kier alpha value is -3.71. The SMILES string of the molecule is CNC(=O)[C@@H](CCCCN=C(N)N)NC(=O)c1csc([C@H]2CCCN2C(=O)c2cn3cc(Cl)ccc3n2)n1. The number of nitrogens with zero attached hydrogens (tertiary/aromatic N) is 5. The summed E-state index contributed by atoms with van der Waals surface area (Å²) >= 11 is 7.37. The maximum absolute atomic E-state index is 13.3. The summed E-state index contributed by atoms with van der Waals surface area (Å²) in [5.74, 6) is -0.921. The van der Waals surface area contributed by atoms with Crippen molar-refractivity contribution >= 4 is 52.3 Å². The number of aromatic nitrogens is 3. The van der Waals surface area contributed by atoms with Crippen molar-refractivity contribution in [2.24, 2.45) is 16.5 Å². The fourth-order valence-electron chi connectivity index (χ4n) is 4.37. The average molecular weight is 560 g/mol. The first-order chi connectivity index (χ1) is 18.3. The van der Waals surface area contributed by atoms with Gasteiger partial charge < -0.3 is 31.4 Å². The smallest absolute Gasteiger partial charge is 0.274 e. The second-order valence-electron chi connectivity index (χ2n) is 8.91. The molecule has 4 rings (SSSR count). The normalized spacial score (nSPS) is 15.8. The quantitative estimate of drug-likeness (QED) is 0.166. The Morgan fingerprint density at radius 3 is 2.79 bits per heavy atom. The molecular formula is C24H30ClN9O3S. The monoisotopic (exact) mass is 559 g/mol. The first-order valence-corrected chi connectivity index (χ1v) is 13.5. The third kappa shape index (κ3) is 6.40. The number of thiazole rings is 1. The van der Waals surface area contributed by atoms with Gasteiger partial charge in [-0.3, -0.25) is 19.4 Å². The third-order valence-electron chi connectivity index (χ3n) is 6.25. The molecule has 0 unspecified atom stereocenters. The van der Waals surface area contributed by atoms with Gasteiger partial charge in [0.2, 0.25) is 5.91 Å². The minimum absolute atomic E-state index is 0.0197. The van der Waals surface area contributed by atoms with Gasteiger partial charge in [0.05, 0.1) is 11.1 Å². The van der Waals surface area contributed by atoms with E-state index in [9.17, 15) is 14.4 Å². The second kappa shape index (κ2) is 12.2. The highest BCUT2D eigenvalue weighted by Gasteiger charge is 2.34. The van der Waals surface area contributed by atoms with Crippen molar-refractivity contribution in [1.82, 2.24) is 29.9 Å². The Morgan fingerprint density at radius 2 is 2.03 bits per heavy atom. The molecule has 0 aliphatic carbocycles. The molecule has 202 valence electrons. The van der Waals surface area contributed by atoms with Gasteiger partial charge in [0.1, 0.15) is 28.1 Å². The van der Waals surface area contributed by atoms with Crippen molar-refractivity contribution in [1.29, 1.82) is 0 Å². The molecule has 38 heavy (non-hydrogen) atoms. The lowest BCUT2D eigenvalue weighted by Crippen LogP contribution is -2.45. The fraction of sp³-hybridized carbons (Fsp3) is 0.417. The van der Waals surface area contributed by atoms with Crippen LogP contribution in [0.25, 0.3) is 5.65 Å². The number of fused-ring (bicyclic) bond motifs is 1. The number of nitrogens with one attached hydrogen (secondary N) is 2. The number of likely N-dealkylation sites (N-methyl/N-ethyl adjacent to an activating group) is 1. The Balaban J connectivity index is 1.41. The van der Waals surface area contributed by atoms with Crippen LogP contribution in [0.5, 0.6) is 0 Å². The van der Waals surface area contributed by atoms with Gasteiger partial charge in [0.25, 0.3) is 11.8 Å². The Bertz CT molecular complexity index is 1350. The largest absolute Gasteiger partial charge is 0.370 e. The zero-order valence-corrected chi connectivity index (χ0v) is 22.5. The molecule has 1 saturated heterocycles. The molecule has 4 heterocycles. The molecule has 12 nitrogen and oxygen atoms in total. The number of rotatable bonds is 10. The summed E-state index contributed by atoms with van der Waals surface area (Å²) in [5.41, 5.74) is 11.8. The van der Waals surface area contributed by atoms with Gasteiger partial charge in [-0.15, -0.1) is 11.3 Å². The molecule has 1 aliphatic heterocycles. The molecule has 1 aliphatic rings. The van der Waals surface area contributed by atoms with Crippen LogP contribution < -0.4 is 22.1 Å². The molecule has 0 aromatic carbocycles.